The lowest BCUT2D eigenvalue weighted by Crippen LogP contribution is -2.35. The quantitative estimate of drug-likeness (QED) is 0.638. The molecular weight excluding hydrogens is 386 g/mol. The molecule has 0 bridgehead atoms. The van der Waals surface area contributed by atoms with Gasteiger partial charge >= 0.3 is 0 Å². The first kappa shape index (κ1) is 20.9. The second-order valence-corrected chi connectivity index (χ2v) is 7.69. The van der Waals surface area contributed by atoms with Gasteiger partial charge in [-0.1, -0.05) is 12.1 Å². The molecule has 7 heteroatoms. The van der Waals surface area contributed by atoms with Crippen molar-refractivity contribution in [3.05, 3.63) is 52.2 Å². The van der Waals surface area contributed by atoms with Crippen molar-refractivity contribution in [3.8, 4) is 17.6 Å². The van der Waals surface area contributed by atoms with E-state index in [0.717, 1.165) is 18.7 Å². The van der Waals surface area contributed by atoms with E-state index in [9.17, 15) is 4.79 Å². The van der Waals surface area contributed by atoms with Gasteiger partial charge in [0.25, 0.3) is 0 Å². The lowest BCUT2D eigenvalue weighted by atomic mass is 10.2. The molecule has 0 aliphatic carbocycles. The number of likely N-dealkylation sites (tertiary alicyclic amines) is 1. The minimum absolute atomic E-state index is 0.0453. The summed E-state index contributed by atoms with van der Waals surface area (Å²) in [6.45, 7) is 2.70. The number of amides is 1. The summed E-state index contributed by atoms with van der Waals surface area (Å²) in [4.78, 5) is 16.1. The van der Waals surface area contributed by atoms with Crippen LogP contribution < -0.4 is 14.8 Å². The highest BCUT2D eigenvalue weighted by atomic mass is 32.1. The molecule has 1 saturated heterocycles. The smallest absolute Gasteiger partial charge is 0.244 e. The van der Waals surface area contributed by atoms with Crippen LogP contribution in [0.2, 0.25) is 0 Å². The Morgan fingerprint density at radius 2 is 2.17 bits per heavy atom. The van der Waals surface area contributed by atoms with Crippen molar-refractivity contribution in [2.24, 2.45) is 0 Å². The fraction of sp³-hybridized carbons (Fsp3) is 0.364. The molecule has 1 N–H and O–H groups in total. The number of nitrogens with zero attached hydrogens (tertiary/aromatic N) is 2. The molecule has 2 heterocycles. The van der Waals surface area contributed by atoms with Crippen LogP contribution >= 0.6 is 11.3 Å². The van der Waals surface area contributed by atoms with Gasteiger partial charge in [0.15, 0.2) is 18.1 Å². The van der Waals surface area contributed by atoms with E-state index in [1.165, 1.54) is 30.9 Å². The Hall–Kier alpha value is -2.82. The normalized spacial score (nSPS) is 15.2. The summed E-state index contributed by atoms with van der Waals surface area (Å²) < 4.78 is 10.6. The van der Waals surface area contributed by atoms with Crippen LogP contribution in [0.15, 0.2) is 41.8 Å². The lowest BCUT2D eigenvalue weighted by Gasteiger charge is -2.26. The fourth-order valence-corrected chi connectivity index (χ4v) is 4.25. The number of thiophene rings is 1. The average molecular weight is 412 g/mol. The molecule has 3 rings (SSSR count). The van der Waals surface area contributed by atoms with E-state index in [-0.39, 0.29) is 18.6 Å². The van der Waals surface area contributed by atoms with Gasteiger partial charge in [-0.25, -0.2) is 0 Å². The molecule has 1 aromatic carbocycles. The van der Waals surface area contributed by atoms with Gasteiger partial charge in [0, 0.05) is 17.5 Å². The van der Waals surface area contributed by atoms with Crippen molar-refractivity contribution in [1.29, 1.82) is 5.26 Å². The van der Waals surface area contributed by atoms with Crippen LogP contribution in [0.5, 0.6) is 11.5 Å². The second kappa shape index (κ2) is 10.6. The molecule has 0 radical (unpaired) electrons. The van der Waals surface area contributed by atoms with Crippen LogP contribution in [0.3, 0.4) is 0 Å². The fourth-order valence-electron chi connectivity index (χ4n) is 3.39. The Morgan fingerprint density at radius 1 is 1.34 bits per heavy atom. The van der Waals surface area contributed by atoms with Gasteiger partial charge in [0.05, 0.1) is 13.2 Å². The number of methoxy groups -OCH3 is 1. The molecular formula is C22H25N3O3S. The van der Waals surface area contributed by atoms with Gasteiger partial charge in [-0.3, -0.25) is 9.69 Å². The molecule has 152 valence electrons. The number of nitrogens with one attached hydrogen (secondary N) is 1. The first-order valence-corrected chi connectivity index (χ1v) is 10.5. The summed E-state index contributed by atoms with van der Waals surface area (Å²) >= 11 is 1.73. The zero-order valence-electron chi connectivity index (χ0n) is 16.5. The highest BCUT2D eigenvalue weighted by Gasteiger charge is 2.24. The van der Waals surface area contributed by atoms with E-state index in [2.05, 4.69) is 27.7 Å². The van der Waals surface area contributed by atoms with Gasteiger partial charge < -0.3 is 14.8 Å². The van der Waals surface area contributed by atoms with E-state index in [0.29, 0.717) is 18.0 Å². The summed E-state index contributed by atoms with van der Waals surface area (Å²) in [6, 6.07) is 11.7. The van der Waals surface area contributed by atoms with Crippen molar-refractivity contribution < 1.29 is 14.3 Å². The van der Waals surface area contributed by atoms with Crippen LogP contribution in [0.25, 0.3) is 6.08 Å². The zero-order chi connectivity index (χ0) is 20.5. The molecule has 1 atom stereocenters. The number of nitriles is 1. The van der Waals surface area contributed by atoms with Crippen LogP contribution in [-0.2, 0) is 4.79 Å². The molecule has 1 aliphatic rings. The summed E-state index contributed by atoms with van der Waals surface area (Å²) in [5.41, 5.74) is 0.815. The molecule has 29 heavy (non-hydrogen) atoms. The van der Waals surface area contributed by atoms with Gasteiger partial charge in [0.1, 0.15) is 6.07 Å². The van der Waals surface area contributed by atoms with Gasteiger partial charge in [-0.15, -0.1) is 11.3 Å². The van der Waals surface area contributed by atoms with Crippen molar-refractivity contribution in [1.82, 2.24) is 10.2 Å². The Labute approximate surface area is 175 Å². The molecule has 1 aromatic heterocycles. The highest BCUT2D eigenvalue weighted by Crippen LogP contribution is 2.29. The Balaban J connectivity index is 1.59. The molecule has 2 aromatic rings. The standard InChI is InChI=1S/C22H25N3O3S/c1-27-20-15-17(6-8-19(20)28-13-10-23)7-9-22(26)24-16-18(21-5-4-14-29-21)25-11-2-3-12-25/h4-9,14-15,18H,2-3,11-13,16H2,1H3,(H,24,26)/b9-7+. The lowest BCUT2D eigenvalue weighted by molar-refractivity contribution is -0.116. The van der Waals surface area contributed by atoms with E-state index in [1.807, 2.05) is 12.1 Å². The first-order chi connectivity index (χ1) is 14.2. The molecule has 1 amide bonds. The summed E-state index contributed by atoms with van der Waals surface area (Å²) in [7, 11) is 1.54. The van der Waals surface area contributed by atoms with Crippen molar-refractivity contribution >= 4 is 23.3 Å². The van der Waals surface area contributed by atoms with Crippen LogP contribution in [0, 0.1) is 11.3 Å². The first-order valence-electron chi connectivity index (χ1n) is 9.62. The van der Waals surface area contributed by atoms with Crippen LogP contribution in [-0.4, -0.2) is 44.2 Å². The zero-order valence-corrected chi connectivity index (χ0v) is 17.3. The average Bonchev–Trinajstić information content (AvgIpc) is 3.46. The maximum Gasteiger partial charge on any atom is 0.244 e. The number of hydrogen-bond acceptors (Lipinski definition) is 6. The summed E-state index contributed by atoms with van der Waals surface area (Å²) in [5, 5.41) is 13.8. The van der Waals surface area contributed by atoms with E-state index >= 15 is 0 Å². The number of ether oxygens (including phenoxy) is 2. The number of benzene rings is 1. The Kier molecular flexibility index (Phi) is 7.68. The monoisotopic (exact) mass is 411 g/mol. The maximum absolute atomic E-state index is 12.4. The van der Waals surface area contributed by atoms with E-state index < -0.39 is 0 Å². The van der Waals surface area contributed by atoms with Gasteiger partial charge in [-0.05, 0) is 61.1 Å². The predicted octanol–water partition coefficient (Wildman–Crippen LogP) is 3.63. The van der Waals surface area contributed by atoms with Crippen molar-refractivity contribution in [3.63, 3.8) is 0 Å². The number of carbonyl (C=O) groups excluding carboxylic acids is 1. The van der Waals surface area contributed by atoms with E-state index in [1.54, 1.807) is 29.5 Å². The minimum atomic E-state index is -0.130. The molecule has 0 spiro atoms. The summed E-state index contributed by atoms with van der Waals surface area (Å²) in [5.74, 6) is 0.893. The van der Waals surface area contributed by atoms with E-state index in [4.69, 9.17) is 14.7 Å². The highest BCUT2D eigenvalue weighted by molar-refractivity contribution is 7.10. The number of hydrogen-bond donors (Lipinski definition) is 1. The topological polar surface area (TPSA) is 74.6 Å². The molecule has 0 saturated carbocycles. The SMILES string of the molecule is COc1cc(/C=C/C(=O)NCC(c2cccs2)N2CCCC2)ccc1OCC#N. The molecule has 1 fully saturated rings. The Morgan fingerprint density at radius 3 is 2.86 bits per heavy atom. The largest absolute Gasteiger partial charge is 0.493 e. The Bertz CT molecular complexity index is 868. The number of carbonyl (C=O) groups is 1. The molecule has 1 aliphatic heterocycles. The molecule has 1 unspecified atom stereocenters. The van der Waals surface area contributed by atoms with Gasteiger partial charge in [-0.2, -0.15) is 5.26 Å². The van der Waals surface area contributed by atoms with Crippen molar-refractivity contribution in [2.75, 3.05) is 33.4 Å². The van der Waals surface area contributed by atoms with Crippen LogP contribution in [0.4, 0.5) is 0 Å². The maximum atomic E-state index is 12.4. The predicted molar refractivity (Wildman–Crippen MR) is 114 cm³/mol. The third-order valence-electron chi connectivity index (χ3n) is 4.83. The third-order valence-corrected chi connectivity index (χ3v) is 5.80. The number of rotatable bonds is 9. The third kappa shape index (κ3) is 5.83. The second-order valence-electron chi connectivity index (χ2n) is 6.71. The van der Waals surface area contributed by atoms with Crippen LogP contribution in [0.1, 0.15) is 29.3 Å². The molecule has 6 nitrogen and oxygen atoms in total. The summed E-state index contributed by atoms with van der Waals surface area (Å²) in [6.07, 6.45) is 5.69. The van der Waals surface area contributed by atoms with Gasteiger partial charge in [0.2, 0.25) is 5.91 Å². The van der Waals surface area contributed by atoms with Crippen molar-refractivity contribution in [2.45, 2.75) is 18.9 Å². The minimum Gasteiger partial charge on any atom is -0.493 e.